The first-order chi connectivity index (χ1) is 4.30. The Morgan fingerprint density at radius 3 is 2.56 bits per heavy atom. The molecule has 0 aromatic rings. The van der Waals surface area contributed by atoms with Crippen LogP contribution in [0, 0.1) is 0 Å². The molecule has 1 rings (SSSR count). The molecule has 0 atom stereocenters. The van der Waals surface area contributed by atoms with E-state index >= 15 is 0 Å². The van der Waals surface area contributed by atoms with Crippen molar-refractivity contribution in [2.75, 3.05) is 19.8 Å². The van der Waals surface area contributed by atoms with Crippen LogP contribution < -0.4 is 5.32 Å². The molecule has 54 valence electrons. The van der Waals surface area contributed by atoms with Gasteiger partial charge in [-0.3, -0.25) is 4.90 Å². The molecule has 2 heteroatoms. The summed E-state index contributed by atoms with van der Waals surface area (Å²) in [7, 11) is 0. The average molecular weight is 128 g/mol. The number of rotatable bonds is 1. The van der Waals surface area contributed by atoms with Gasteiger partial charge in [0.1, 0.15) is 0 Å². The topological polar surface area (TPSA) is 15.3 Å². The van der Waals surface area contributed by atoms with Crippen LogP contribution in [-0.2, 0) is 0 Å². The largest absolute Gasteiger partial charge is 0.304 e. The summed E-state index contributed by atoms with van der Waals surface area (Å²) >= 11 is 0. The Kier molecular flexibility index (Phi) is 2.49. The van der Waals surface area contributed by atoms with E-state index in [4.69, 9.17) is 0 Å². The molecule has 1 aliphatic rings. The van der Waals surface area contributed by atoms with E-state index in [1.54, 1.807) is 0 Å². The van der Waals surface area contributed by atoms with Gasteiger partial charge in [-0.15, -0.1) is 0 Å². The summed E-state index contributed by atoms with van der Waals surface area (Å²) in [6.07, 6.45) is 1.30. The molecule has 0 amide bonds. The molecule has 1 N–H and O–H groups in total. The highest BCUT2D eigenvalue weighted by Gasteiger charge is 2.10. The molecule has 0 aromatic carbocycles. The molecule has 9 heavy (non-hydrogen) atoms. The minimum absolute atomic E-state index is 0.706. The summed E-state index contributed by atoms with van der Waals surface area (Å²) in [5.74, 6) is 0. The quantitative estimate of drug-likeness (QED) is 0.557. The van der Waals surface area contributed by atoms with Crippen molar-refractivity contribution in [2.24, 2.45) is 0 Å². The van der Waals surface area contributed by atoms with Gasteiger partial charge in [0.2, 0.25) is 0 Å². The third-order valence-corrected chi connectivity index (χ3v) is 1.84. The fraction of sp³-hybridized carbons (Fsp3) is 1.00. The number of hydrogen-bond acceptors (Lipinski definition) is 2. The van der Waals surface area contributed by atoms with Gasteiger partial charge in [-0.1, -0.05) is 0 Å². The van der Waals surface area contributed by atoms with Crippen molar-refractivity contribution in [1.82, 2.24) is 10.2 Å². The van der Waals surface area contributed by atoms with Crippen LogP contribution in [-0.4, -0.2) is 30.7 Å². The maximum atomic E-state index is 3.34. The minimum Gasteiger partial charge on any atom is -0.304 e. The van der Waals surface area contributed by atoms with Crippen LogP contribution in [0.2, 0.25) is 0 Å². The summed E-state index contributed by atoms with van der Waals surface area (Å²) in [5.41, 5.74) is 0. The first-order valence-corrected chi connectivity index (χ1v) is 3.75. The van der Waals surface area contributed by atoms with Crippen LogP contribution in [0.25, 0.3) is 0 Å². The molecule has 0 spiro atoms. The normalized spacial score (nSPS) is 23.0. The van der Waals surface area contributed by atoms with Gasteiger partial charge in [0.05, 0.1) is 0 Å². The molecule has 1 fully saturated rings. The van der Waals surface area contributed by atoms with Crippen LogP contribution in [0.3, 0.4) is 0 Å². The predicted octanol–water partition coefficient (Wildman–Crippen LogP) is 0.648. The Morgan fingerprint density at radius 1 is 1.44 bits per heavy atom. The molecule has 1 saturated heterocycles. The Hall–Kier alpha value is -0.0800. The van der Waals surface area contributed by atoms with E-state index in [1.165, 1.54) is 19.5 Å². The van der Waals surface area contributed by atoms with Crippen molar-refractivity contribution >= 4 is 0 Å². The smallest absolute Gasteiger partial charge is 0.0482 e. The van der Waals surface area contributed by atoms with Crippen LogP contribution in [0.15, 0.2) is 0 Å². The van der Waals surface area contributed by atoms with Gasteiger partial charge in [0, 0.05) is 19.3 Å². The molecule has 0 radical (unpaired) electrons. The fourth-order valence-electron chi connectivity index (χ4n) is 1.15. The van der Waals surface area contributed by atoms with Crippen molar-refractivity contribution in [1.29, 1.82) is 0 Å². The van der Waals surface area contributed by atoms with Gasteiger partial charge < -0.3 is 5.32 Å². The molecule has 2 nitrogen and oxygen atoms in total. The second-order valence-corrected chi connectivity index (χ2v) is 2.92. The molecule has 0 aromatic heterocycles. The molecule has 0 bridgehead atoms. The standard InChI is InChI=1S/C7H16N2/c1-7(2)9-5-3-4-8-6-9/h7-8H,3-6H2,1-2H3. The van der Waals surface area contributed by atoms with E-state index in [1.807, 2.05) is 0 Å². The second kappa shape index (κ2) is 3.18. The second-order valence-electron chi connectivity index (χ2n) is 2.92. The maximum absolute atomic E-state index is 3.34. The minimum atomic E-state index is 0.706. The lowest BCUT2D eigenvalue weighted by Gasteiger charge is -2.30. The summed E-state index contributed by atoms with van der Waals surface area (Å²) in [6.45, 7) is 8.03. The third-order valence-electron chi connectivity index (χ3n) is 1.84. The SMILES string of the molecule is CC(C)N1CCCNC1. The lowest BCUT2D eigenvalue weighted by atomic mass is 10.2. The average Bonchev–Trinajstić information content (AvgIpc) is 1.90. The zero-order valence-corrected chi connectivity index (χ0v) is 6.35. The lowest BCUT2D eigenvalue weighted by Crippen LogP contribution is -2.44. The van der Waals surface area contributed by atoms with Gasteiger partial charge in [0.25, 0.3) is 0 Å². The van der Waals surface area contributed by atoms with E-state index in [2.05, 4.69) is 24.1 Å². The predicted molar refractivity (Wildman–Crippen MR) is 39.3 cm³/mol. The van der Waals surface area contributed by atoms with Gasteiger partial charge >= 0.3 is 0 Å². The zero-order valence-electron chi connectivity index (χ0n) is 6.35. The Morgan fingerprint density at radius 2 is 2.22 bits per heavy atom. The van der Waals surface area contributed by atoms with Gasteiger partial charge in [-0.25, -0.2) is 0 Å². The van der Waals surface area contributed by atoms with Crippen molar-refractivity contribution < 1.29 is 0 Å². The first kappa shape index (κ1) is 7.03. The van der Waals surface area contributed by atoms with Crippen LogP contribution in [0.5, 0.6) is 0 Å². The molecule has 0 unspecified atom stereocenters. The lowest BCUT2D eigenvalue weighted by molar-refractivity contribution is 0.173. The Bertz CT molecular complexity index is 75.0. The highest BCUT2D eigenvalue weighted by atomic mass is 15.3. The highest BCUT2D eigenvalue weighted by molar-refractivity contribution is 4.66. The van der Waals surface area contributed by atoms with Crippen LogP contribution >= 0.6 is 0 Å². The van der Waals surface area contributed by atoms with E-state index in [0.717, 1.165) is 6.67 Å². The van der Waals surface area contributed by atoms with Gasteiger partial charge in [-0.05, 0) is 26.8 Å². The van der Waals surface area contributed by atoms with Crippen molar-refractivity contribution in [3.63, 3.8) is 0 Å². The monoisotopic (exact) mass is 128 g/mol. The Labute approximate surface area is 57.2 Å². The molecule has 0 aliphatic carbocycles. The molecule has 0 saturated carbocycles. The maximum Gasteiger partial charge on any atom is 0.0482 e. The van der Waals surface area contributed by atoms with E-state index in [0.29, 0.717) is 6.04 Å². The van der Waals surface area contributed by atoms with Crippen LogP contribution in [0.4, 0.5) is 0 Å². The van der Waals surface area contributed by atoms with E-state index in [9.17, 15) is 0 Å². The third kappa shape index (κ3) is 1.95. The molecule has 1 aliphatic heterocycles. The summed E-state index contributed by atoms with van der Waals surface area (Å²) in [6, 6.07) is 0.706. The zero-order chi connectivity index (χ0) is 6.69. The summed E-state index contributed by atoms with van der Waals surface area (Å²) < 4.78 is 0. The molecular formula is C7H16N2. The molecule has 1 heterocycles. The van der Waals surface area contributed by atoms with Gasteiger partial charge in [0.15, 0.2) is 0 Å². The van der Waals surface area contributed by atoms with Gasteiger partial charge in [-0.2, -0.15) is 0 Å². The van der Waals surface area contributed by atoms with Crippen molar-refractivity contribution in [3.8, 4) is 0 Å². The fourth-order valence-corrected chi connectivity index (χ4v) is 1.15. The number of hydrogen-bond donors (Lipinski definition) is 1. The Balaban J connectivity index is 2.23. The highest BCUT2D eigenvalue weighted by Crippen LogP contribution is 2.00. The summed E-state index contributed by atoms with van der Waals surface area (Å²) in [4.78, 5) is 2.45. The van der Waals surface area contributed by atoms with Crippen LogP contribution in [0.1, 0.15) is 20.3 Å². The number of nitrogens with zero attached hydrogens (tertiary/aromatic N) is 1. The first-order valence-electron chi connectivity index (χ1n) is 3.75. The van der Waals surface area contributed by atoms with E-state index in [-0.39, 0.29) is 0 Å². The van der Waals surface area contributed by atoms with Crippen molar-refractivity contribution in [2.45, 2.75) is 26.3 Å². The summed E-state index contributed by atoms with van der Waals surface area (Å²) in [5, 5.41) is 3.34. The number of nitrogens with one attached hydrogen (secondary N) is 1. The molecular weight excluding hydrogens is 112 g/mol. The van der Waals surface area contributed by atoms with Crippen molar-refractivity contribution in [3.05, 3.63) is 0 Å². The van der Waals surface area contributed by atoms with E-state index < -0.39 is 0 Å².